The molecule has 15 heavy (non-hydrogen) atoms. The summed E-state index contributed by atoms with van der Waals surface area (Å²) >= 11 is 0. The van der Waals surface area contributed by atoms with Gasteiger partial charge in [0, 0.05) is 18.3 Å². The number of amidine groups is 1. The first-order valence-electron chi connectivity index (χ1n) is 4.88. The van der Waals surface area contributed by atoms with Crippen LogP contribution in [0.5, 0.6) is 0 Å². The Morgan fingerprint density at radius 1 is 1.33 bits per heavy atom. The van der Waals surface area contributed by atoms with E-state index < -0.39 is 0 Å². The Morgan fingerprint density at radius 2 is 2.00 bits per heavy atom. The number of aliphatic imine (C=N–C) groups is 1. The largest absolute Gasteiger partial charge is 0.341 e. The van der Waals surface area contributed by atoms with Crippen molar-refractivity contribution >= 4 is 5.84 Å². The molecule has 0 amide bonds. The molecule has 1 aromatic carbocycles. The minimum Gasteiger partial charge on any atom is -0.341 e. The minimum absolute atomic E-state index is 0.832. The Morgan fingerprint density at radius 3 is 2.53 bits per heavy atom. The van der Waals surface area contributed by atoms with Crippen molar-refractivity contribution in [2.75, 3.05) is 7.05 Å². The zero-order valence-electron chi connectivity index (χ0n) is 9.20. The molecule has 0 atom stereocenters. The minimum atomic E-state index is 0.832. The third-order valence-electron chi connectivity index (χ3n) is 1.92. The van der Waals surface area contributed by atoms with Gasteiger partial charge in [0.1, 0.15) is 5.84 Å². The van der Waals surface area contributed by atoms with Crippen LogP contribution in [0, 0.1) is 0 Å². The van der Waals surface area contributed by atoms with Gasteiger partial charge in [-0.25, -0.2) is 0 Å². The van der Waals surface area contributed by atoms with Crippen LogP contribution in [0.1, 0.15) is 12.5 Å². The van der Waals surface area contributed by atoms with Gasteiger partial charge < -0.3 is 5.32 Å². The maximum Gasteiger partial charge on any atom is 0.132 e. The molecule has 0 aliphatic carbocycles. The fourth-order valence-electron chi connectivity index (χ4n) is 1.25. The molecule has 2 heteroatoms. The Balaban J connectivity index is 2.79. The van der Waals surface area contributed by atoms with E-state index in [2.05, 4.69) is 16.9 Å². The maximum absolute atomic E-state index is 4.19. The van der Waals surface area contributed by atoms with Crippen LogP contribution in [-0.2, 0) is 0 Å². The molecule has 0 bridgehead atoms. The Kier molecular flexibility index (Phi) is 4.35. The van der Waals surface area contributed by atoms with Crippen molar-refractivity contribution in [1.82, 2.24) is 5.32 Å². The van der Waals surface area contributed by atoms with Crippen molar-refractivity contribution in [1.29, 1.82) is 0 Å². The topological polar surface area (TPSA) is 24.4 Å². The summed E-state index contributed by atoms with van der Waals surface area (Å²) in [4.78, 5) is 4.19. The Labute approximate surface area is 91.1 Å². The molecule has 0 saturated carbocycles. The van der Waals surface area contributed by atoms with Gasteiger partial charge in [-0.2, -0.15) is 0 Å². The molecular weight excluding hydrogens is 184 g/mol. The van der Waals surface area contributed by atoms with E-state index in [-0.39, 0.29) is 0 Å². The summed E-state index contributed by atoms with van der Waals surface area (Å²) in [6.45, 7) is 5.84. The van der Waals surface area contributed by atoms with Gasteiger partial charge in [0.15, 0.2) is 0 Å². The van der Waals surface area contributed by atoms with Crippen LogP contribution < -0.4 is 5.32 Å². The van der Waals surface area contributed by atoms with Crippen LogP contribution in [0.25, 0.3) is 0 Å². The highest BCUT2D eigenvalue weighted by atomic mass is 15.0. The van der Waals surface area contributed by atoms with Gasteiger partial charge in [-0.3, -0.25) is 4.99 Å². The molecule has 0 aliphatic rings. The average molecular weight is 200 g/mol. The van der Waals surface area contributed by atoms with E-state index in [0.717, 1.165) is 17.1 Å². The fraction of sp³-hybridized carbons (Fsp3) is 0.154. The molecule has 0 aromatic heterocycles. The summed E-state index contributed by atoms with van der Waals surface area (Å²) in [6.07, 6.45) is 3.85. The van der Waals surface area contributed by atoms with Crippen LogP contribution >= 0.6 is 0 Å². The van der Waals surface area contributed by atoms with Gasteiger partial charge in [-0.15, -0.1) is 0 Å². The van der Waals surface area contributed by atoms with Crippen LogP contribution in [0.3, 0.4) is 0 Å². The predicted octanol–water partition coefficient (Wildman–Crippen LogP) is 2.74. The van der Waals surface area contributed by atoms with Crippen LogP contribution in [0.2, 0.25) is 0 Å². The lowest BCUT2D eigenvalue weighted by atomic mass is 10.2. The highest BCUT2D eigenvalue weighted by Gasteiger charge is 2.00. The Bertz CT molecular complexity index is 375. The molecule has 1 N–H and O–H groups in total. The molecule has 1 rings (SSSR count). The number of hydrogen-bond donors (Lipinski definition) is 1. The summed E-state index contributed by atoms with van der Waals surface area (Å²) < 4.78 is 0. The van der Waals surface area contributed by atoms with Gasteiger partial charge >= 0.3 is 0 Å². The number of benzene rings is 1. The number of nitrogens with zero attached hydrogens (tertiary/aromatic N) is 1. The molecule has 0 unspecified atom stereocenters. The maximum atomic E-state index is 4.19. The van der Waals surface area contributed by atoms with Crippen molar-refractivity contribution in [2.24, 2.45) is 4.99 Å². The number of hydrogen-bond acceptors (Lipinski definition) is 1. The fourth-order valence-corrected chi connectivity index (χ4v) is 1.25. The zero-order chi connectivity index (χ0) is 11.1. The van der Waals surface area contributed by atoms with E-state index in [9.17, 15) is 0 Å². The summed E-state index contributed by atoms with van der Waals surface area (Å²) in [6, 6.07) is 9.98. The van der Waals surface area contributed by atoms with Gasteiger partial charge in [0.25, 0.3) is 0 Å². The van der Waals surface area contributed by atoms with Gasteiger partial charge in [0.05, 0.1) is 0 Å². The molecule has 78 valence electrons. The van der Waals surface area contributed by atoms with Gasteiger partial charge in [-0.05, 0) is 13.0 Å². The quantitative estimate of drug-likeness (QED) is 0.453. The third-order valence-corrected chi connectivity index (χ3v) is 1.92. The standard InChI is InChI=1S/C13H16N2/c1-4-8-11(2)15-13(14-3)12-9-6-5-7-10-12/h4-10H,2H2,1,3H3,(H,14,15). The van der Waals surface area contributed by atoms with Crippen LogP contribution in [0.15, 0.2) is 59.8 Å². The molecule has 0 radical (unpaired) electrons. The van der Waals surface area contributed by atoms with Crippen molar-refractivity contribution in [3.63, 3.8) is 0 Å². The van der Waals surface area contributed by atoms with Gasteiger partial charge in [0.2, 0.25) is 0 Å². The lowest BCUT2D eigenvalue weighted by molar-refractivity contribution is 1.16. The first kappa shape index (κ1) is 11.2. The average Bonchev–Trinajstić information content (AvgIpc) is 2.27. The summed E-state index contributed by atoms with van der Waals surface area (Å²) in [7, 11) is 1.76. The molecule has 0 spiro atoms. The lowest BCUT2D eigenvalue weighted by Crippen LogP contribution is -2.22. The highest BCUT2D eigenvalue weighted by molar-refractivity contribution is 5.99. The number of allylic oxidation sites excluding steroid dienone is 2. The molecule has 0 heterocycles. The van der Waals surface area contributed by atoms with Crippen LogP contribution in [0.4, 0.5) is 0 Å². The van der Waals surface area contributed by atoms with E-state index in [1.807, 2.05) is 49.4 Å². The van der Waals surface area contributed by atoms with E-state index >= 15 is 0 Å². The number of rotatable bonds is 3. The summed E-state index contributed by atoms with van der Waals surface area (Å²) in [5.41, 5.74) is 1.90. The van der Waals surface area contributed by atoms with E-state index in [0.29, 0.717) is 0 Å². The first-order valence-corrected chi connectivity index (χ1v) is 4.88. The van der Waals surface area contributed by atoms with E-state index in [4.69, 9.17) is 0 Å². The normalized spacial score (nSPS) is 11.7. The Hall–Kier alpha value is -1.83. The van der Waals surface area contributed by atoms with Crippen molar-refractivity contribution in [3.05, 3.63) is 60.3 Å². The SMILES string of the molecule is C=C(C=CC)NC(=NC)c1ccccc1. The first-order chi connectivity index (χ1) is 7.27. The lowest BCUT2D eigenvalue weighted by Gasteiger charge is -2.08. The molecular formula is C13H16N2. The second-order valence-electron chi connectivity index (χ2n) is 3.09. The third kappa shape index (κ3) is 3.43. The molecule has 1 aromatic rings. The molecule has 2 nitrogen and oxygen atoms in total. The molecule has 0 aliphatic heterocycles. The zero-order valence-corrected chi connectivity index (χ0v) is 9.20. The number of nitrogens with one attached hydrogen (secondary N) is 1. The van der Waals surface area contributed by atoms with Gasteiger partial charge in [-0.1, -0.05) is 43.0 Å². The predicted molar refractivity (Wildman–Crippen MR) is 66.0 cm³/mol. The second-order valence-corrected chi connectivity index (χ2v) is 3.09. The smallest absolute Gasteiger partial charge is 0.132 e. The second kappa shape index (κ2) is 5.81. The van der Waals surface area contributed by atoms with E-state index in [1.54, 1.807) is 7.05 Å². The van der Waals surface area contributed by atoms with Crippen molar-refractivity contribution in [3.8, 4) is 0 Å². The highest BCUT2D eigenvalue weighted by Crippen LogP contribution is 2.01. The van der Waals surface area contributed by atoms with Crippen molar-refractivity contribution in [2.45, 2.75) is 6.92 Å². The summed E-state index contributed by atoms with van der Waals surface area (Å²) in [5.74, 6) is 0.832. The van der Waals surface area contributed by atoms with E-state index in [1.165, 1.54) is 0 Å². The van der Waals surface area contributed by atoms with Crippen molar-refractivity contribution < 1.29 is 0 Å². The summed E-state index contributed by atoms with van der Waals surface area (Å²) in [5, 5.41) is 3.15. The monoisotopic (exact) mass is 200 g/mol. The molecule has 0 fully saturated rings. The van der Waals surface area contributed by atoms with Crippen LogP contribution in [-0.4, -0.2) is 12.9 Å². The molecule has 0 saturated heterocycles.